The number of aromatic hydroxyl groups is 1. The summed E-state index contributed by atoms with van der Waals surface area (Å²) in [6, 6.07) is 3.40. The van der Waals surface area contributed by atoms with E-state index in [1.807, 2.05) is 6.07 Å². The number of rotatable bonds is 4. The van der Waals surface area contributed by atoms with Crippen LogP contribution in [0.15, 0.2) is 12.1 Å². The average Bonchev–Trinajstić information content (AvgIpc) is 2.22. The van der Waals surface area contributed by atoms with Gasteiger partial charge in [-0.1, -0.05) is 24.6 Å². The molecule has 0 bridgehead atoms. The third kappa shape index (κ3) is 2.55. The molecule has 1 atom stereocenters. The summed E-state index contributed by atoms with van der Waals surface area (Å²) in [5.74, 6) is 0.845. The monoisotopic (exact) mass is 229 g/mol. The van der Waals surface area contributed by atoms with E-state index in [2.05, 4.69) is 6.92 Å². The SMILES string of the molecule is COc1c(C(C)CCN)ccc(O)c1Cl. The lowest BCUT2D eigenvalue weighted by atomic mass is 9.96. The van der Waals surface area contributed by atoms with E-state index in [0.717, 1.165) is 12.0 Å². The van der Waals surface area contributed by atoms with Gasteiger partial charge in [0.2, 0.25) is 0 Å². The van der Waals surface area contributed by atoms with Crippen molar-refractivity contribution in [2.24, 2.45) is 5.73 Å². The first-order valence-corrected chi connectivity index (χ1v) is 5.25. The Bertz CT molecular complexity index is 342. The number of ether oxygens (including phenoxy) is 1. The molecule has 15 heavy (non-hydrogen) atoms. The van der Waals surface area contributed by atoms with Gasteiger partial charge in [-0.2, -0.15) is 0 Å². The molecule has 0 heterocycles. The molecule has 0 aliphatic heterocycles. The summed E-state index contributed by atoms with van der Waals surface area (Å²) in [6.45, 7) is 2.67. The zero-order valence-electron chi connectivity index (χ0n) is 8.96. The second-order valence-corrected chi connectivity index (χ2v) is 3.88. The molecule has 0 aliphatic carbocycles. The molecule has 1 aromatic carbocycles. The van der Waals surface area contributed by atoms with Crippen molar-refractivity contribution in [3.63, 3.8) is 0 Å². The van der Waals surface area contributed by atoms with Gasteiger partial charge in [0.25, 0.3) is 0 Å². The molecular formula is C11H16ClNO2. The van der Waals surface area contributed by atoms with Crippen molar-refractivity contribution < 1.29 is 9.84 Å². The number of nitrogens with two attached hydrogens (primary N) is 1. The molecule has 3 nitrogen and oxygen atoms in total. The Balaban J connectivity index is 3.12. The van der Waals surface area contributed by atoms with Gasteiger partial charge in [-0.3, -0.25) is 0 Å². The lowest BCUT2D eigenvalue weighted by molar-refractivity contribution is 0.399. The molecule has 0 fully saturated rings. The number of hydrogen-bond donors (Lipinski definition) is 2. The quantitative estimate of drug-likeness (QED) is 0.834. The van der Waals surface area contributed by atoms with Crippen LogP contribution in [0.4, 0.5) is 0 Å². The summed E-state index contributed by atoms with van der Waals surface area (Å²) < 4.78 is 5.19. The summed E-state index contributed by atoms with van der Waals surface area (Å²) in [7, 11) is 1.54. The molecule has 0 saturated carbocycles. The molecule has 0 saturated heterocycles. The fraction of sp³-hybridized carbons (Fsp3) is 0.455. The van der Waals surface area contributed by atoms with Crippen molar-refractivity contribution in [3.05, 3.63) is 22.7 Å². The fourth-order valence-electron chi connectivity index (χ4n) is 1.56. The fourth-order valence-corrected chi connectivity index (χ4v) is 1.81. The zero-order chi connectivity index (χ0) is 11.4. The highest BCUT2D eigenvalue weighted by Crippen LogP contribution is 2.39. The molecule has 1 unspecified atom stereocenters. The maximum absolute atomic E-state index is 9.43. The van der Waals surface area contributed by atoms with E-state index in [9.17, 15) is 5.11 Å². The third-order valence-electron chi connectivity index (χ3n) is 2.44. The van der Waals surface area contributed by atoms with Crippen LogP contribution in [0.2, 0.25) is 5.02 Å². The molecule has 0 spiro atoms. The second kappa shape index (κ2) is 5.24. The minimum atomic E-state index is 0.0391. The predicted molar refractivity (Wildman–Crippen MR) is 61.8 cm³/mol. The standard InChI is InChI=1S/C11H16ClNO2/c1-7(5-6-13)8-3-4-9(14)10(12)11(8)15-2/h3-4,7,14H,5-6,13H2,1-2H3. The van der Waals surface area contributed by atoms with Crippen LogP contribution in [-0.4, -0.2) is 18.8 Å². The lowest BCUT2D eigenvalue weighted by Crippen LogP contribution is -2.06. The van der Waals surface area contributed by atoms with E-state index in [1.54, 1.807) is 13.2 Å². The van der Waals surface area contributed by atoms with Gasteiger partial charge in [0.1, 0.15) is 16.5 Å². The van der Waals surface area contributed by atoms with Crippen LogP contribution in [0.1, 0.15) is 24.8 Å². The first-order valence-electron chi connectivity index (χ1n) is 4.87. The van der Waals surface area contributed by atoms with Crippen molar-refractivity contribution in [3.8, 4) is 11.5 Å². The summed E-state index contributed by atoms with van der Waals surface area (Å²) in [5.41, 5.74) is 6.48. The average molecular weight is 230 g/mol. The first-order chi connectivity index (χ1) is 7.11. The van der Waals surface area contributed by atoms with Crippen LogP contribution in [0.5, 0.6) is 11.5 Å². The van der Waals surface area contributed by atoms with E-state index in [-0.39, 0.29) is 16.7 Å². The van der Waals surface area contributed by atoms with Crippen molar-refractivity contribution in [1.29, 1.82) is 0 Å². The van der Waals surface area contributed by atoms with Crippen LogP contribution in [-0.2, 0) is 0 Å². The first kappa shape index (κ1) is 12.1. The van der Waals surface area contributed by atoms with Gasteiger partial charge in [0.15, 0.2) is 0 Å². The van der Waals surface area contributed by atoms with E-state index < -0.39 is 0 Å². The summed E-state index contributed by atoms with van der Waals surface area (Å²) >= 11 is 5.94. The molecule has 0 aromatic heterocycles. The van der Waals surface area contributed by atoms with Crippen molar-refractivity contribution in [2.45, 2.75) is 19.3 Å². The minimum absolute atomic E-state index is 0.0391. The normalized spacial score (nSPS) is 12.5. The lowest BCUT2D eigenvalue weighted by Gasteiger charge is -2.16. The summed E-state index contributed by atoms with van der Waals surface area (Å²) in [4.78, 5) is 0. The van der Waals surface area contributed by atoms with Crippen molar-refractivity contribution >= 4 is 11.6 Å². The van der Waals surface area contributed by atoms with Crippen LogP contribution in [0.3, 0.4) is 0 Å². The van der Waals surface area contributed by atoms with Crippen LogP contribution in [0.25, 0.3) is 0 Å². The molecule has 1 aromatic rings. The highest BCUT2D eigenvalue weighted by atomic mass is 35.5. The van der Waals surface area contributed by atoms with Gasteiger partial charge in [-0.15, -0.1) is 0 Å². The Kier molecular flexibility index (Phi) is 4.24. The number of methoxy groups -OCH3 is 1. The zero-order valence-corrected chi connectivity index (χ0v) is 9.71. The second-order valence-electron chi connectivity index (χ2n) is 3.50. The number of phenols is 1. The molecule has 0 amide bonds. The van der Waals surface area contributed by atoms with Crippen LogP contribution < -0.4 is 10.5 Å². The molecule has 84 valence electrons. The van der Waals surface area contributed by atoms with Crippen LogP contribution in [0, 0.1) is 0 Å². The topological polar surface area (TPSA) is 55.5 Å². The number of halogens is 1. The van der Waals surface area contributed by atoms with Gasteiger partial charge in [-0.25, -0.2) is 0 Å². The largest absolute Gasteiger partial charge is 0.506 e. The van der Waals surface area contributed by atoms with E-state index in [1.165, 1.54) is 0 Å². The summed E-state index contributed by atoms with van der Waals surface area (Å²) in [5, 5.41) is 9.69. The molecule has 3 N–H and O–H groups in total. The third-order valence-corrected chi connectivity index (χ3v) is 2.81. The predicted octanol–water partition coefficient (Wildman–Crippen LogP) is 2.51. The minimum Gasteiger partial charge on any atom is -0.506 e. The molecule has 4 heteroatoms. The van der Waals surface area contributed by atoms with Crippen molar-refractivity contribution in [2.75, 3.05) is 13.7 Å². The van der Waals surface area contributed by atoms with Gasteiger partial charge in [-0.05, 0) is 30.5 Å². The molecule has 0 radical (unpaired) electrons. The number of benzene rings is 1. The van der Waals surface area contributed by atoms with Gasteiger partial charge in [0, 0.05) is 0 Å². The maximum Gasteiger partial charge on any atom is 0.144 e. The molecular weight excluding hydrogens is 214 g/mol. The van der Waals surface area contributed by atoms with E-state index in [4.69, 9.17) is 22.1 Å². The highest BCUT2D eigenvalue weighted by molar-refractivity contribution is 6.33. The van der Waals surface area contributed by atoms with Gasteiger partial charge < -0.3 is 15.6 Å². The van der Waals surface area contributed by atoms with Gasteiger partial charge >= 0.3 is 0 Å². The Morgan fingerprint density at radius 2 is 2.20 bits per heavy atom. The van der Waals surface area contributed by atoms with Crippen molar-refractivity contribution in [1.82, 2.24) is 0 Å². The van der Waals surface area contributed by atoms with Gasteiger partial charge in [0.05, 0.1) is 7.11 Å². The summed E-state index contributed by atoms with van der Waals surface area (Å²) in [6.07, 6.45) is 0.859. The van der Waals surface area contributed by atoms with E-state index in [0.29, 0.717) is 12.3 Å². The van der Waals surface area contributed by atoms with E-state index >= 15 is 0 Å². The Hall–Kier alpha value is -0.930. The molecule has 1 rings (SSSR count). The Morgan fingerprint density at radius 3 is 2.73 bits per heavy atom. The van der Waals surface area contributed by atoms with Crippen LogP contribution >= 0.6 is 11.6 Å². The number of hydrogen-bond acceptors (Lipinski definition) is 3. The number of phenolic OH excluding ortho intramolecular Hbond substituents is 1. The maximum atomic E-state index is 9.43. The Labute approximate surface area is 94.8 Å². The Morgan fingerprint density at radius 1 is 1.53 bits per heavy atom. The highest BCUT2D eigenvalue weighted by Gasteiger charge is 2.16. The smallest absolute Gasteiger partial charge is 0.144 e. The molecule has 0 aliphatic rings.